The lowest BCUT2D eigenvalue weighted by Gasteiger charge is -2.09. The van der Waals surface area contributed by atoms with Gasteiger partial charge in [0.15, 0.2) is 0 Å². The highest BCUT2D eigenvalue weighted by atomic mass is 16.3. The summed E-state index contributed by atoms with van der Waals surface area (Å²) in [6, 6.07) is 0. The molecule has 0 rings (SSSR count). The number of hydrogen-bond acceptors (Lipinski definition) is 3. The van der Waals surface area contributed by atoms with Crippen LogP contribution in [0.25, 0.3) is 0 Å². The Hall–Kier alpha value is -0.610. The van der Waals surface area contributed by atoms with Gasteiger partial charge in [0.25, 0.3) is 0 Å². The third kappa shape index (κ3) is 7.74. The number of aliphatic hydroxyl groups is 1. The number of hydrogen-bond donors (Lipinski definition) is 3. The maximum atomic E-state index is 10.9. The first-order chi connectivity index (χ1) is 6.20. The number of amides is 1. The van der Waals surface area contributed by atoms with Gasteiger partial charge in [-0.05, 0) is 13.3 Å². The van der Waals surface area contributed by atoms with E-state index in [0.29, 0.717) is 13.1 Å². The van der Waals surface area contributed by atoms with Crippen LogP contribution in [0, 0.1) is 0 Å². The quantitative estimate of drug-likeness (QED) is 0.521. The van der Waals surface area contributed by atoms with Crippen molar-refractivity contribution in [2.45, 2.75) is 32.8 Å². The first-order valence-corrected chi connectivity index (χ1v) is 4.86. The van der Waals surface area contributed by atoms with Gasteiger partial charge in [0.05, 0.1) is 12.6 Å². The van der Waals surface area contributed by atoms with E-state index in [1.165, 1.54) is 0 Å². The van der Waals surface area contributed by atoms with E-state index in [4.69, 9.17) is 0 Å². The molecule has 1 amide bonds. The van der Waals surface area contributed by atoms with Crippen molar-refractivity contribution in [3.63, 3.8) is 0 Å². The molecule has 1 unspecified atom stereocenters. The highest BCUT2D eigenvalue weighted by Gasteiger charge is 2.03. The van der Waals surface area contributed by atoms with Gasteiger partial charge in [0.1, 0.15) is 0 Å². The van der Waals surface area contributed by atoms with Crippen LogP contribution in [0.3, 0.4) is 0 Å². The van der Waals surface area contributed by atoms with Crippen molar-refractivity contribution in [3.05, 3.63) is 0 Å². The molecule has 0 saturated carbocycles. The standard InChI is InChI=1S/C9H20N2O2/c1-3-5-8(12)6-10-7-9(13)11-4-2/h8,10,12H,3-7H2,1-2H3,(H,11,13). The maximum Gasteiger partial charge on any atom is 0.233 e. The third-order valence-electron chi connectivity index (χ3n) is 1.66. The zero-order chi connectivity index (χ0) is 10.1. The van der Waals surface area contributed by atoms with E-state index < -0.39 is 0 Å². The maximum absolute atomic E-state index is 10.9. The summed E-state index contributed by atoms with van der Waals surface area (Å²) >= 11 is 0. The van der Waals surface area contributed by atoms with Crippen molar-refractivity contribution in [3.8, 4) is 0 Å². The fraction of sp³-hybridized carbons (Fsp3) is 0.889. The van der Waals surface area contributed by atoms with Gasteiger partial charge in [-0.2, -0.15) is 0 Å². The molecule has 0 saturated heterocycles. The summed E-state index contributed by atoms with van der Waals surface area (Å²) in [5.74, 6) is -0.0220. The van der Waals surface area contributed by atoms with Gasteiger partial charge < -0.3 is 15.7 Å². The number of likely N-dealkylation sites (N-methyl/N-ethyl adjacent to an activating group) is 1. The largest absolute Gasteiger partial charge is 0.392 e. The highest BCUT2D eigenvalue weighted by molar-refractivity contribution is 5.77. The summed E-state index contributed by atoms with van der Waals surface area (Å²) in [5, 5.41) is 14.9. The Morgan fingerprint density at radius 2 is 2.15 bits per heavy atom. The molecule has 0 spiro atoms. The van der Waals surface area contributed by atoms with Gasteiger partial charge >= 0.3 is 0 Å². The minimum atomic E-state index is -0.334. The Labute approximate surface area is 79.7 Å². The topological polar surface area (TPSA) is 61.4 Å². The van der Waals surface area contributed by atoms with Crippen LogP contribution in [0.2, 0.25) is 0 Å². The van der Waals surface area contributed by atoms with Crippen LogP contribution in [0.4, 0.5) is 0 Å². The Kier molecular flexibility index (Phi) is 7.63. The minimum Gasteiger partial charge on any atom is -0.392 e. The van der Waals surface area contributed by atoms with Crippen LogP contribution in [0.5, 0.6) is 0 Å². The van der Waals surface area contributed by atoms with Crippen LogP contribution in [-0.2, 0) is 4.79 Å². The van der Waals surface area contributed by atoms with Crippen molar-refractivity contribution >= 4 is 5.91 Å². The van der Waals surface area contributed by atoms with E-state index in [1.807, 2.05) is 13.8 Å². The van der Waals surface area contributed by atoms with Gasteiger partial charge in [0, 0.05) is 13.1 Å². The van der Waals surface area contributed by atoms with Gasteiger partial charge in [-0.25, -0.2) is 0 Å². The van der Waals surface area contributed by atoms with Crippen molar-refractivity contribution in [1.82, 2.24) is 10.6 Å². The molecule has 0 aliphatic rings. The lowest BCUT2D eigenvalue weighted by atomic mass is 10.2. The Morgan fingerprint density at radius 1 is 1.46 bits per heavy atom. The van der Waals surface area contributed by atoms with Gasteiger partial charge in [-0.15, -0.1) is 0 Å². The second kappa shape index (κ2) is 8.01. The normalized spacial score (nSPS) is 12.5. The highest BCUT2D eigenvalue weighted by Crippen LogP contribution is 1.92. The fourth-order valence-corrected chi connectivity index (χ4v) is 1.05. The molecule has 0 aromatic heterocycles. The number of aliphatic hydroxyl groups excluding tert-OH is 1. The molecule has 1 atom stereocenters. The number of carbonyl (C=O) groups is 1. The predicted octanol–water partition coefficient (Wildman–Crippen LogP) is -0.127. The molecule has 78 valence electrons. The molecule has 0 radical (unpaired) electrons. The van der Waals surface area contributed by atoms with Gasteiger partial charge in [-0.3, -0.25) is 4.79 Å². The molecule has 0 aromatic rings. The fourth-order valence-electron chi connectivity index (χ4n) is 1.05. The van der Waals surface area contributed by atoms with Gasteiger partial charge in [-0.1, -0.05) is 13.3 Å². The summed E-state index contributed by atoms with van der Waals surface area (Å²) in [5.41, 5.74) is 0. The minimum absolute atomic E-state index is 0.0220. The summed E-state index contributed by atoms with van der Waals surface area (Å²) in [4.78, 5) is 10.9. The van der Waals surface area contributed by atoms with Crippen LogP contribution >= 0.6 is 0 Å². The molecule has 13 heavy (non-hydrogen) atoms. The van der Waals surface area contributed by atoms with Crippen LogP contribution in [0.1, 0.15) is 26.7 Å². The lowest BCUT2D eigenvalue weighted by molar-refractivity contribution is -0.120. The summed E-state index contributed by atoms with van der Waals surface area (Å²) < 4.78 is 0. The average molecular weight is 188 g/mol. The van der Waals surface area contributed by atoms with E-state index in [0.717, 1.165) is 12.8 Å². The number of rotatable bonds is 7. The molecule has 0 aliphatic heterocycles. The van der Waals surface area contributed by atoms with Crippen LogP contribution < -0.4 is 10.6 Å². The van der Waals surface area contributed by atoms with Crippen molar-refractivity contribution < 1.29 is 9.90 Å². The van der Waals surface area contributed by atoms with E-state index in [9.17, 15) is 9.90 Å². The zero-order valence-electron chi connectivity index (χ0n) is 8.47. The van der Waals surface area contributed by atoms with E-state index in [-0.39, 0.29) is 18.6 Å². The molecule has 0 bridgehead atoms. The second-order valence-corrected chi connectivity index (χ2v) is 3.03. The number of carbonyl (C=O) groups excluding carboxylic acids is 1. The Bertz CT molecular complexity index is 140. The van der Waals surface area contributed by atoms with Crippen molar-refractivity contribution in [2.75, 3.05) is 19.6 Å². The molecule has 3 N–H and O–H groups in total. The average Bonchev–Trinajstić information content (AvgIpc) is 2.05. The molecule has 0 fully saturated rings. The lowest BCUT2D eigenvalue weighted by Crippen LogP contribution is -2.37. The number of nitrogens with one attached hydrogen (secondary N) is 2. The molecule has 4 heteroatoms. The van der Waals surface area contributed by atoms with Crippen molar-refractivity contribution in [1.29, 1.82) is 0 Å². The smallest absolute Gasteiger partial charge is 0.233 e. The van der Waals surface area contributed by atoms with E-state index in [2.05, 4.69) is 10.6 Å². The molecule has 0 aromatic carbocycles. The predicted molar refractivity (Wildman–Crippen MR) is 52.5 cm³/mol. The van der Waals surface area contributed by atoms with Crippen LogP contribution in [-0.4, -0.2) is 36.8 Å². The SMILES string of the molecule is CCCC(O)CNCC(=O)NCC. The monoisotopic (exact) mass is 188 g/mol. The first-order valence-electron chi connectivity index (χ1n) is 4.86. The first kappa shape index (κ1) is 12.4. The van der Waals surface area contributed by atoms with Crippen molar-refractivity contribution in [2.24, 2.45) is 0 Å². The molecule has 0 heterocycles. The third-order valence-corrected chi connectivity index (χ3v) is 1.66. The second-order valence-electron chi connectivity index (χ2n) is 3.03. The molecular weight excluding hydrogens is 168 g/mol. The van der Waals surface area contributed by atoms with E-state index >= 15 is 0 Å². The van der Waals surface area contributed by atoms with Crippen LogP contribution in [0.15, 0.2) is 0 Å². The van der Waals surface area contributed by atoms with Gasteiger partial charge in [0.2, 0.25) is 5.91 Å². The summed E-state index contributed by atoms with van der Waals surface area (Å²) in [7, 11) is 0. The summed E-state index contributed by atoms with van der Waals surface area (Å²) in [6.07, 6.45) is 1.41. The molecular formula is C9H20N2O2. The molecule has 0 aliphatic carbocycles. The zero-order valence-corrected chi connectivity index (χ0v) is 8.47. The van der Waals surface area contributed by atoms with E-state index in [1.54, 1.807) is 0 Å². The Balaban J connectivity index is 3.28. The molecule has 4 nitrogen and oxygen atoms in total. The summed E-state index contributed by atoms with van der Waals surface area (Å²) in [6.45, 7) is 5.33. The Morgan fingerprint density at radius 3 is 2.69 bits per heavy atom.